The van der Waals surface area contributed by atoms with Crippen LogP contribution in [0.25, 0.3) is 0 Å². The molecule has 0 aliphatic carbocycles. The SMILES string of the molecule is COc1cc(Br)cc([C@@H]2NC(=O)c3cnc(SC)nc3N2)c1O. The summed E-state index contributed by atoms with van der Waals surface area (Å²) in [7, 11) is 1.46. The third kappa shape index (κ3) is 2.93. The minimum Gasteiger partial charge on any atom is -0.504 e. The van der Waals surface area contributed by atoms with Crippen LogP contribution in [0, 0.1) is 0 Å². The number of rotatable bonds is 3. The van der Waals surface area contributed by atoms with Gasteiger partial charge in [0, 0.05) is 16.2 Å². The second-order valence-electron chi connectivity index (χ2n) is 4.72. The van der Waals surface area contributed by atoms with Crippen molar-refractivity contribution in [3.05, 3.63) is 33.9 Å². The van der Waals surface area contributed by atoms with Crippen molar-refractivity contribution in [3.63, 3.8) is 0 Å². The topological polar surface area (TPSA) is 96.4 Å². The van der Waals surface area contributed by atoms with Gasteiger partial charge in [-0.15, -0.1) is 0 Å². The molecule has 1 atom stereocenters. The van der Waals surface area contributed by atoms with Gasteiger partial charge >= 0.3 is 0 Å². The third-order valence-electron chi connectivity index (χ3n) is 3.35. The Balaban J connectivity index is 2.03. The smallest absolute Gasteiger partial charge is 0.258 e. The quantitative estimate of drug-likeness (QED) is 0.541. The molecule has 0 saturated heterocycles. The average Bonchev–Trinajstić information content (AvgIpc) is 2.55. The fourth-order valence-corrected chi connectivity index (χ4v) is 3.04. The molecule has 1 amide bonds. The van der Waals surface area contributed by atoms with Crippen molar-refractivity contribution < 1.29 is 14.6 Å². The molecule has 9 heteroatoms. The van der Waals surface area contributed by atoms with Gasteiger partial charge in [0.15, 0.2) is 16.7 Å². The molecule has 0 fully saturated rings. The minimum absolute atomic E-state index is 0.0453. The number of benzene rings is 1. The number of carbonyl (C=O) groups excluding carboxylic acids is 1. The largest absolute Gasteiger partial charge is 0.504 e. The van der Waals surface area contributed by atoms with Crippen LogP contribution in [-0.4, -0.2) is 34.3 Å². The predicted octanol–water partition coefficient (Wildman–Crippen LogP) is 2.53. The molecule has 1 aromatic carbocycles. The maximum atomic E-state index is 12.3. The number of hydrogen-bond donors (Lipinski definition) is 3. The lowest BCUT2D eigenvalue weighted by Gasteiger charge is -2.28. The molecule has 0 radical (unpaired) electrons. The highest BCUT2D eigenvalue weighted by atomic mass is 79.9. The van der Waals surface area contributed by atoms with Crippen molar-refractivity contribution in [2.45, 2.75) is 11.3 Å². The first-order chi connectivity index (χ1) is 11.0. The number of nitrogens with zero attached hydrogens (tertiary/aromatic N) is 2. The molecule has 3 N–H and O–H groups in total. The Morgan fingerprint density at radius 2 is 2.17 bits per heavy atom. The number of aromatic nitrogens is 2. The van der Waals surface area contributed by atoms with Crippen molar-refractivity contribution in [2.24, 2.45) is 0 Å². The zero-order valence-corrected chi connectivity index (χ0v) is 14.7. The van der Waals surface area contributed by atoms with Crippen molar-refractivity contribution in [3.8, 4) is 11.5 Å². The molecule has 0 bridgehead atoms. The van der Waals surface area contributed by atoms with Crippen molar-refractivity contribution in [2.75, 3.05) is 18.7 Å². The lowest BCUT2D eigenvalue weighted by Crippen LogP contribution is -2.39. The van der Waals surface area contributed by atoms with Crippen molar-refractivity contribution >= 4 is 39.4 Å². The molecule has 23 heavy (non-hydrogen) atoms. The van der Waals surface area contributed by atoms with Crippen LogP contribution in [0.1, 0.15) is 22.1 Å². The Bertz CT molecular complexity index is 787. The van der Waals surface area contributed by atoms with Gasteiger partial charge in [-0.1, -0.05) is 27.7 Å². The van der Waals surface area contributed by atoms with Crippen LogP contribution in [0.3, 0.4) is 0 Å². The van der Waals surface area contributed by atoms with Crippen LogP contribution in [0.4, 0.5) is 5.82 Å². The molecule has 0 spiro atoms. The van der Waals surface area contributed by atoms with Crippen LogP contribution in [0.5, 0.6) is 11.5 Å². The summed E-state index contributed by atoms with van der Waals surface area (Å²) >= 11 is 4.74. The normalized spacial score (nSPS) is 16.3. The van der Waals surface area contributed by atoms with Gasteiger partial charge < -0.3 is 20.5 Å². The molecule has 2 heterocycles. The maximum absolute atomic E-state index is 12.3. The van der Waals surface area contributed by atoms with Gasteiger partial charge in [-0.2, -0.15) is 0 Å². The molecule has 3 rings (SSSR count). The van der Waals surface area contributed by atoms with E-state index in [0.717, 1.165) is 4.47 Å². The number of anilines is 1. The maximum Gasteiger partial charge on any atom is 0.258 e. The van der Waals surface area contributed by atoms with E-state index in [0.29, 0.717) is 27.9 Å². The Morgan fingerprint density at radius 3 is 2.87 bits per heavy atom. The molecule has 120 valence electrons. The lowest BCUT2D eigenvalue weighted by atomic mass is 10.1. The fourth-order valence-electron chi connectivity index (χ4n) is 2.25. The van der Waals surface area contributed by atoms with Crippen molar-refractivity contribution in [1.29, 1.82) is 0 Å². The van der Waals surface area contributed by atoms with E-state index in [2.05, 4.69) is 36.5 Å². The predicted molar refractivity (Wildman–Crippen MR) is 90.0 cm³/mol. The van der Waals surface area contributed by atoms with Gasteiger partial charge in [0.2, 0.25) is 0 Å². The van der Waals surface area contributed by atoms with Gasteiger partial charge in [-0.05, 0) is 18.4 Å². The number of phenols is 1. The highest BCUT2D eigenvalue weighted by Crippen LogP contribution is 2.38. The van der Waals surface area contributed by atoms with Gasteiger partial charge in [0.25, 0.3) is 5.91 Å². The van der Waals surface area contributed by atoms with E-state index in [1.807, 2.05) is 6.26 Å². The summed E-state index contributed by atoms with van der Waals surface area (Å²) in [6.45, 7) is 0. The number of phenolic OH excluding ortho intramolecular Hbond substituents is 1. The van der Waals surface area contributed by atoms with Gasteiger partial charge in [0.05, 0.1) is 7.11 Å². The number of amides is 1. The Labute approximate surface area is 145 Å². The number of nitrogens with one attached hydrogen (secondary N) is 2. The van der Waals surface area contributed by atoms with Crippen molar-refractivity contribution in [1.82, 2.24) is 15.3 Å². The molecular formula is C14H13BrN4O3S. The van der Waals surface area contributed by atoms with E-state index >= 15 is 0 Å². The number of thioether (sulfide) groups is 1. The highest BCUT2D eigenvalue weighted by molar-refractivity contribution is 9.10. The van der Waals surface area contributed by atoms with Crippen LogP contribution in [-0.2, 0) is 0 Å². The van der Waals surface area contributed by atoms with E-state index in [9.17, 15) is 9.90 Å². The average molecular weight is 397 g/mol. The van der Waals surface area contributed by atoms with Gasteiger partial charge in [-0.25, -0.2) is 9.97 Å². The molecule has 1 aromatic heterocycles. The van der Waals surface area contributed by atoms with Crippen LogP contribution < -0.4 is 15.4 Å². The zero-order valence-electron chi connectivity index (χ0n) is 12.3. The molecule has 1 aliphatic rings. The summed E-state index contributed by atoms with van der Waals surface area (Å²) in [5, 5.41) is 16.8. The number of fused-ring (bicyclic) bond motifs is 1. The summed E-state index contributed by atoms with van der Waals surface area (Å²) in [5.74, 6) is 0.381. The number of ether oxygens (including phenoxy) is 1. The van der Waals surface area contributed by atoms with E-state index in [-0.39, 0.29) is 11.7 Å². The van der Waals surface area contributed by atoms with E-state index in [1.165, 1.54) is 25.1 Å². The Morgan fingerprint density at radius 1 is 1.39 bits per heavy atom. The molecule has 0 saturated carbocycles. The summed E-state index contributed by atoms with van der Waals surface area (Å²) in [4.78, 5) is 20.7. The molecule has 1 aliphatic heterocycles. The highest BCUT2D eigenvalue weighted by Gasteiger charge is 2.29. The third-order valence-corrected chi connectivity index (χ3v) is 4.37. The number of carbonyl (C=O) groups is 1. The first-order valence-corrected chi connectivity index (χ1v) is 8.60. The summed E-state index contributed by atoms with van der Waals surface area (Å²) < 4.78 is 5.86. The van der Waals surface area contributed by atoms with Crippen LogP contribution in [0.2, 0.25) is 0 Å². The second kappa shape index (κ2) is 6.25. The fraction of sp³-hybridized carbons (Fsp3) is 0.214. The minimum atomic E-state index is -0.633. The first-order valence-electron chi connectivity index (χ1n) is 6.58. The molecule has 0 unspecified atom stereocenters. The Kier molecular flexibility index (Phi) is 4.31. The zero-order chi connectivity index (χ0) is 16.6. The summed E-state index contributed by atoms with van der Waals surface area (Å²) in [6, 6.07) is 3.35. The lowest BCUT2D eigenvalue weighted by molar-refractivity contribution is 0.0934. The van der Waals surface area contributed by atoms with E-state index < -0.39 is 6.17 Å². The monoisotopic (exact) mass is 396 g/mol. The van der Waals surface area contributed by atoms with Gasteiger partial charge in [-0.3, -0.25) is 4.79 Å². The van der Waals surface area contributed by atoms with E-state index in [4.69, 9.17) is 4.74 Å². The standard InChI is InChI=1S/C14H13BrN4O3S/c1-22-9-4-6(15)3-7(10(9)20)11-17-12-8(13(21)18-11)5-16-14(19-12)23-2/h3-5,11,20H,1-2H3,(H,18,21)(H,16,17,19)/t11-/m0/s1. The second-order valence-corrected chi connectivity index (χ2v) is 6.40. The van der Waals surface area contributed by atoms with Crippen LogP contribution in [0.15, 0.2) is 28.0 Å². The molecule has 7 nitrogen and oxygen atoms in total. The first kappa shape index (κ1) is 15.9. The summed E-state index contributed by atoms with van der Waals surface area (Å²) in [6.07, 6.45) is 2.70. The molecular weight excluding hydrogens is 384 g/mol. The van der Waals surface area contributed by atoms with Gasteiger partial charge in [0.1, 0.15) is 17.5 Å². The molecule has 2 aromatic rings. The number of aromatic hydroxyl groups is 1. The van der Waals surface area contributed by atoms with E-state index in [1.54, 1.807) is 12.1 Å². The van der Waals surface area contributed by atoms with Crippen LogP contribution >= 0.6 is 27.7 Å². The number of methoxy groups -OCH3 is 1. The summed E-state index contributed by atoms with van der Waals surface area (Å²) in [5.41, 5.74) is 0.833. The Hall–Kier alpha value is -2.00. The number of hydrogen-bond acceptors (Lipinski definition) is 7. The number of halogens is 1.